The van der Waals surface area contributed by atoms with Crippen molar-refractivity contribution < 1.29 is 19.4 Å². The Balaban J connectivity index is 0.000000229. The topological polar surface area (TPSA) is 188 Å². The lowest BCUT2D eigenvalue weighted by molar-refractivity contribution is -0.389. The van der Waals surface area contributed by atoms with Gasteiger partial charge in [-0.1, -0.05) is 12.1 Å². The van der Waals surface area contributed by atoms with E-state index >= 15 is 0 Å². The van der Waals surface area contributed by atoms with Gasteiger partial charge in [0.2, 0.25) is 0 Å². The van der Waals surface area contributed by atoms with Gasteiger partial charge in [0.1, 0.15) is 6.07 Å². The molecule has 176 valence electrons. The van der Waals surface area contributed by atoms with Gasteiger partial charge in [0, 0.05) is 24.5 Å². The minimum Gasteiger partial charge on any atom is -0.399 e. The number of rotatable bonds is 6. The molecule has 0 radical (unpaired) electrons. The number of aryl methyl sites for hydroxylation is 1. The van der Waals surface area contributed by atoms with Gasteiger partial charge in [-0.05, 0) is 54.2 Å². The molecule has 1 aliphatic rings. The number of imide groups is 1. The summed E-state index contributed by atoms with van der Waals surface area (Å²) in [5.74, 6) is -0.452. The lowest BCUT2D eigenvalue weighted by Crippen LogP contribution is -2.34. The first-order valence-electron chi connectivity index (χ1n) is 9.83. The van der Waals surface area contributed by atoms with Crippen LogP contribution < -0.4 is 16.8 Å². The highest BCUT2D eigenvalue weighted by Gasteiger charge is 2.34. The Morgan fingerprint density at radius 1 is 0.971 bits per heavy atom. The maximum Gasteiger partial charge on any atom is 0.333 e. The van der Waals surface area contributed by atoms with Crippen LogP contribution >= 0.6 is 11.3 Å². The van der Waals surface area contributed by atoms with Crippen LogP contribution in [0.25, 0.3) is 0 Å². The molecular weight excluding hydrogens is 464 g/mol. The fourth-order valence-electron chi connectivity index (χ4n) is 3.16. The zero-order valence-electron chi connectivity index (χ0n) is 17.9. The number of nitrogen functional groups attached to an aromatic ring is 2. The molecule has 12 nitrogen and oxygen atoms in total. The molecule has 0 spiro atoms. The van der Waals surface area contributed by atoms with Gasteiger partial charge < -0.3 is 16.8 Å². The van der Waals surface area contributed by atoms with Crippen molar-refractivity contribution in [2.24, 2.45) is 0 Å². The van der Waals surface area contributed by atoms with Gasteiger partial charge in [-0.25, -0.2) is 0 Å². The standard InChI is InChI=1S/C17H17N3O2.C4H3N3O4S/c1-11-10-12(6-7-15(11)18)19-8-9-20-16(21)13-4-2-3-5-14(13)17(20)22;5-4-2(6(8)9)1-3(12-4)7(10)11/h2-7,10,19H,8-9,18H2,1H3;1H,5H2. The van der Waals surface area contributed by atoms with Crippen molar-refractivity contribution in [3.63, 3.8) is 0 Å². The lowest BCUT2D eigenvalue weighted by atomic mass is 10.1. The monoisotopic (exact) mass is 484 g/mol. The molecule has 4 rings (SSSR count). The van der Waals surface area contributed by atoms with E-state index in [9.17, 15) is 29.8 Å². The van der Waals surface area contributed by atoms with Crippen molar-refractivity contribution in [2.45, 2.75) is 6.92 Å². The zero-order valence-corrected chi connectivity index (χ0v) is 18.7. The second-order valence-electron chi connectivity index (χ2n) is 7.15. The van der Waals surface area contributed by atoms with E-state index in [1.54, 1.807) is 24.3 Å². The summed E-state index contributed by atoms with van der Waals surface area (Å²) in [6, 6.07) is 13.4. The number of benzene rings is 2. The van der Waals surface area contributed by atoms with Gasteiger partial charge in [0.15, 0.2) is 5.00 Å². The van der Waals surface area contributed by atoms with Crippen molar-refractivity contribution >= 4 is 50.2 Å². The van der Waals surface area contributed by atoms with Crippen molar-refractivity contribution in [3.8, 4) is 0 Å². The van der Waals surface area contributed by atoms with E-state index in [2.05, 4.69) is 5.32 Å². The number of nitrogens with two attached hydrogens (primary N) is 2. The predicted octanol–water partition coefficient (Wildman–Crippen LogP) is 3.43. The summed E-state index contributed by atoms with van der Waals surface area (Å²) in [5.41, 5.74) is 14.1. The Kier molecular flexibility index (Phi) is 7.06. The van der Waals surface area contributed by atoms with Crippen molar-refractivity contribution in [2.75, 3.05) is 29.9 Å². The number of carbonyl (C=O) groups excluding carboxylic acids is 2. The molecular formula is C21H20N6O6S. The van der Waals surface area contributed by atoms with Crippen LogP contribution in [-0.4, -0.2) is 39.7 Å². The number of hydrogen-bond donors (Lipinski definition) is 3. The summed E-state index contributed by atoms with van der Waals surface area (Å²) in [4.78, 5) is 44.5. The summed E-state index contributed by atoms with van der Waals surface area (Å²) in [5, 5.41) is 23.0. The molecule has 0 saturated heterocycles. The van der Waals surface area contributed by atoms with E-state index in [0.29, 0.717) is 35.6 Å². The Bertz CT molecular complexity index is 1260. The molecule has 0 bridgehead atoms. The minimum absolute atomic E-state index is 0.147. The Morgan fingerprint density at radius 3 is 2.06 bits per heavy atom. The molecule has 0 atom stereocenters. The second kappa shape index (κ2) is 9.95. The normalized spacial score (nSPS) is 12.1. The number of nitrogens with zero attached hydrogens (tertiary/aromatic N) is 3. The highest BCUT2D eigenvalue weighted by molar-refractivity contribution is 7.19. The summed E-state index contributed by atoms with van der Waals surface area (Å²) in [6.07, 6.45) is 0. The molecule has 2 aromatic carbocycles. The summed E-state index contributed by atoms with van der Waals surface area (Å²) < 4.78 is 0. The third-order valence-electron chi connectivity index (χ3n) is 4.92. The maximum absolute atomic E-state index is 12.2. The van der Waals surface area contributed by atoms with Crippen LogP contribution in [0.5, 0.6) is 0 Å². The first-order chi connectivity index (χ1) is 16.1. The molecule has 0 saturated carbocycles. The summed E-state index contributed by atoms with van der Waals surface area (Å²) in [7, 11) is 0. The molecule has 5 N–H and O–H groups in total. The van der Waals surface area contributed by atoms with E-state index in [-0.39, 0.29) is 21.8 Å². The number of hydrogen-bond acceptors (Lipinski definition) is 10. The number of thiophene rings is 1. The number of amides is 2. The first kappa shape index (κ1) is 24.1. The van der Waals surface area contributed by atoms with Crippen molar-refractivity contribution in [1.29, 1.82) is 0 Å². The second-order valence-corrected chi connectivity index (χ2v) is 8.22. The number of nitrogens with one attached hydrogen (secondary N) is 1. The molecule has 0 fully saturated rings. The van der Waals surface area contributed by atoms with Crippen LogP contribution in [0.1, 0.15) is 26.3 Å². The van der Waals surface area contributed by atoms with Gasteiger partial charge in [0.05, 0.1) is 21.0 Å². The SMILES string of the molecule is Cc1cc(NCCN2C(=O)c3ccccc3C2=O)ccc1N.Nc1sc([N+](=O)[O-])cc1[N+](=O)[O-]. The van der Waals surface area contributed by atoms with Crippen molar-refractivity contribution in [1.82, 2.24) is 4.90 Å². The van der Waals surface area contributed by atoms with Crippen LogP contribution in [0, 0.1) is 27.2 Å². The molecule has 0 aliphatic carbocycles. The van der Waals surface area contributed by atoms with E-state index in [1.807, 2.05) is 25.1 Å². The minimum atomic E-state index is -0.751. The first-order valence-corrected chi connectivity index (χ1v) is 10.6. The van der Waals surface area contributed by atoms with E-state index in [1.165, 1.54) is 4.90 Å². The molecule has 34 heavy (non-hydrogen) atoms. The van der Waals surface area contributed by atoms with E-state index in [4.69, 9.17) is 11.5 Å². The smallest absolute Gasteiger partial charge is 0.333 e. The molecule has 13 heteroatoms. The third-order valence-corrected chi connectivity index (χ3v) is 5.82. The number of fused-ring (bicyclic) bond motifs is 1. The molecule has 3 aromatic rings. The summed E-state index contributed by atoms with van der Waals surface area (Å²) >= 11 is 0.588. The highest BCUT2D eigenvalue weighted by Crippen LogP contribution is 2.36. The lowest BCUT2D eigenvalue weighted by Gasteiger charge is -2.15. The number of nitro groups is 2. The quantitative estimate of drug-likeness (QED) is 0.204. The van der Waals surface area contributed by atoms with Crippen LogP contribution in [0.3, 0.4) is 0 Å². The van der Waals surface area contributed by atoms with E-state index in [0.717, 1.165) is 23.0 Å². The van der Waals surface area contributed by atoms with Gasteiger partial charge in [-0.15, -0.1) is 0 Å². The molecule has 1 aliphatic heterocycles. The van der Waals surface area contributed by atoms with Crippen LogP contribution in [0.15, 0.2) is 48.5 Å². The average Bonchev–Trinajstić information content (AvgIpc) is 3.31. The predicted molar refractivity (Wildman–Crippen MR) is 128 cm³/mol. The summed E-state index contributed by atoms with van der Waals surface area (Å²) in [6.45, 7) is 2.76. The molecule has 2 heterocycles. The van der Waals surface area contributed by atoms with Gasteiger partial charge >= 0.3 is 10.7 Å². The fraction of sp³-hybridized carbons (Fsp3) is 0.143. The largest absolute Gasteiger partial charge is 0.399 e. The number of anilines is 3. The van der Waals surface area contributed by atoms with Crippen LogP contribution in [-0.2, 0) is 0 Å². The number of carbonyl (C=O) groups is 2. The fourth-order valence-corrected chi connectivity index (χ4v) is 3.86. The Hall–Kier alpha value is -4.52. The maximum atomic E-state index is 12.2. The average molecular weight is 484 g/mol. The van der Waals surface area contributed by atoms with Crippen molar-refractivity contribution in [3.05, 3.63) is 85.4 Å². The van der Waals surface area contributed by atoms with Crippen LogP contribution in [0.4, 0.5) is 27.1 Å². The van der Waals surface area contributed by atoms with E-state index < -0.39 is 15.5 Å². The third kappa shape index (κ3) is 5.10. The zero-order chi connectivity index (χ0) is 25.0. The Morgan fingerprint density at radius 2 is 1.59 bits per heavy atom. The highest BCUT2D eigenvalue weighted by atomic mass is 32.1. The van der Waals surface area contributed by atoms with Gasteiger partial charge in [-0.2, -0.15) is 0 Å². The Labute approximate surface area is 197 Å². The molecule has 1 aromatic heterocycles. The molecule has 0 unspecified atom stereocenters. The molecule has 2 amide bonds. The van der Waals surface area contributed by atoms with Gasteiger partial charge in [0.25, 0.3) is 11.8 Å². The van der Waals surface area contributed by atoms with Gasteiger partial charge in [-0.3, -0.25) is 34.7 Å². The van der Waals surface area contributed by atoms with Crippen LogP contribution in [0.2, 0.25) is 0 Å².